The maximum atomic E-state index is 13.5. The Kier molecular flexibility index (Phi) is 6.82. The van der Waals surface area contributed by atoms with Gasteiger partial charge in [0, 0.05) is 9.86 Å². The second-order valence-electron chi connectivity index (χ2n) is 8.57. The molecule has 0 N–H and O–H groups in total. The van der Waals surface area contributed by atoms with E-state index in [2.05, 4.69) is 43.6 Å². The molecule has 0 aliphatic carbocycles. The van der Waals surface area contributed by atoms with Crippen molar-refractivity contribution < 1.29 is 9.15 Å². The Morgan fingerprint density at radius 3 is 2.58 bits per heavy atom. The zero-order chi connectivity index (χ0) is 26.1. The summed E-state index contributed by atoms with van der Waals surface area (Å²) in [5.74, 6) is 1.58. The summed E-state index contributed by atoms with van der Waals surface area (Å²) >= 11 is 5.69. The van der Waals surface area contributed by atoms with Gasteiger partial charge in [0.15, 0.2) is 5.76 Å². The van der Waals surface area contributed by atoms with Gasteiger partial charge in [-0.2, -0.15) is 9.78 Å². The standard InChI is InChI=1S/C30H19BrIN3O3/c31-22-12-9-19(10-13-22)18-37-27-14-11-20(15-24(27)32)17-33-35-29(28-16-21-5-1-4-8-26(21)38-28)34-25-7-3-2-6-23(25)30(35)36/h1-17H,18H2. The van der Waals surface area contributed by atoms with E-state index in [4.69, 9.17) is 14.1 Å². The largest absolute Gasteiger partial charge is 0.488 e. The molecule has 6 rings (SSSR count). The molecule has 8 heteroatoms. The van der Waals surface area contributed by atoms with E-state index >= 15 is 0 Å². The second-order valence-corrected chi connectivity index (χ2v) is 10.6. The van der Waals surface area contributed by atoms with Crippen LogP contribution in [0.5, 0.6) is 5.75 Å². The van der Waals surface area contributed by atoms with Crippen LogP contribution in [0.25, 0.3) is 33.5 Å². The molecule has 6 aromatic rings. The first-order valence-corrected chi connectivity index (χ1v) is 13.6. The Bertz CT molecular complexity index is 1840. The summed E-state index contributed by atoms with van der Waals surface area (Å²) in [6.07, 6.45) is 1.64. The van der Waals surface area contributed by atoms with Gasteiger partial charge in [0.2, 0.25) is 5.82 Å². The zero-order valence-corrected chi connectivity index (χ0v) is 23.6. The summed E-state index contributed by atoms with van der Waals surface area (Å²) in [5.41, 5.74) is 2.93. The van der Waals surface area contributed by atoms with Gasteiger partial charge in [-0.25, -0.2) is 4.98 Å². The van der Waals surface area contributed by atoms with Gasteiger partial charge in [0.05, 0.1) is 20.7 Å². The zero-order valence-electron chi connectivity index (χ0n) is 19.8. The molecule has 0 atom stereocenters. The number of benzene rings is 4. The molecule has 0 saturated carbocycles. The molecule has 186 valence electrons. The van der Waals surface area contributed by atoms with Crippen LogP contribution in [0.1, 0.15) is 11.1 Å². The number of halogens is 2. The minimum atomic E-state index is -0.272. The molecule has 0 aliphatic heterocycles. The first kappa shape index (κ1) is 24.6. The maximum absolute atomic E-state index is 13.5. The SMILES string of the molecule is O=c1c2ccccc2nc(-c2cc3ccccc3o2)n1N=Cc1ccc(OCc2ccc(Br)cc2)c(I)c1. The van der Waals surface area contributed by atoms with E-state index in [0.29, 0.717) is 34.7 Å². The fraction of sp³-hybridized carbons (Fsp3) is 0.0333. The Balaban J connectivity index is 1.34. The van der Waals surface area contributed by atoms with Crippen molar-refractivity contribution in [1.82, 2.24) is 9.66 Å². The van der Waals surface area contributed by atoms with Gasteiger partial charge in [-0.1, -0.05) is 58.4 Å². The van der Waals surface area contributed by atoms with E-state index in [9.17, 15) is 4.79 Å². The normalized spacial score (nSPS) is 11.5. The fourth-order valence-corrected chi connectivity index (χ4v) is 5.02. The molecule has 0 amide bonds. The van der Waals surface area contributed by atoms with Crippen LogP contribution in [-0.2, 0) is 6.61 Å². The number of aromatic nitrogens is 2. The van der Waals surface area contributed by atoms with Crippen LogP contribution >= 0.6 is 38.5 Å². The number of hydrogen-bond donors (Lipinski definition) is 0. The molecule has 0 radical (unpaired) electrons. The van der Waals surface area contributed by atoms with Gasteiger partial charge in [0.1, 0.15) is 17.9 Å². The third-order valence-electron chi connectivity index (χ3n) is 5.99. The molecule has 2 aromatic heterocycles. The molecule has 6 nitrogen and oxygen atoms in total. The molecule has 0 aliphatic rings. The van der Waals surface area contributed by atoms with Crippen molar-refractivity contribution in [3.05, 3.63) is 127 Å². The molecule has 4 aromatic carbocycles. The monoisotopic (exact) mass is 675 g/mol. The quantitative estimate of drug-likeness (QED) is 0.134. The first-order chi connectivity index (χ1) is 18.5. The lowest BCUT2D eigenvalue weighted by molar-refractivity contribution is 0.304. The Hall–Kier alpha value is -3.76. The van der Waals surface area contributed by atoms with E-state index in [1.165, 1.54) is 4.68 Å². The van der Waals surface area contributed by atoms with Crippen LogP contribution in [0.2, 0.25) is 0 Å². The minimum absolute atomic E-state index is 0.272. The summed E-state index contributed by atoms with van der Waals surface area (Å²) in [7, 11) is 0. The van der Waals surface area contributed by atoms with Crippen LogP contribution < -0.4 is 10.3 Å². The Labute approximate surface area is 239 Å². The fourth-order valence-electron chi connectivity index (χ4n) is 4.06. The average Bonchev–Trinajstić information content (AvgIpc) is 3.37. The molecule has 2 heterocycles. The summed E-state index contributed by atoms with van der Waals surface area (Å²) in [4.78, 5) is 18.2. The van der Waals surface area contributed by atoms with E-state index < -0.39 is 0 Å². The molecule has 0 bridgehead atoms. The summed E-state index contributed by atoms with van der Waals surface area (Å²) < 4.78 is 15.3. The highest BCUT2D eigenvalue weighted by Gasteiger charge is 2.16. The van der Waals surface area contributed by atoms with Gasteiger partial charge >= 0.3 is 0 Å². The summed E-state index contributed by atoms with van der Waals surface area (Å²) in [6, 6.07) is 30.6. The number of nitrogens with zero attached hydrogens (tertiary/aromatic N) is 3. The number of hydrogen-bond acceptors (Lipinski definition) is 5. The van der Waals surface area contributed by atoms with Gasteiger partial charge in [-0.15, -0.1) is 0 Å². The molecule has 38 heavy (non-hydrogen) atoms. The molecule has 0 fully saturated rings. The third-order valence-corrected chi connectivity index (χ3v) is 7.36. The van der Waals surface area contributed by atoms with Crippen LogP contribution in [0.3, 0.4) is 0 Å². The lowest BCUT2D eigenvalue weighted by Crippen LogP contribution is -2.20. The number of para-hydroxylation sites is 2. The van der Waals surface area contributed by atoms with E-state index in [1.807, 2.05) is 91.0 Å². The summed E-state index contributed by atoms with van der Waals surface area (Å²) in [6.45, 7) is 0.468. The number of ether oxygens (including phenoxy) is 1. The Morgan fingerprint density at radius 2 is 1.76 bits per heavy atom. The topological polar surface area (TPSA) is 69.6 Å². The highest BCUT2D eigenvalue weighted by molar-refractivity contribution is 14.1. The van der Waals surface area contributed by atoms with Crippen LogP contribution in [0, 0.1) is 3.57 Å². The molecule has 0 spiro atoms. The van der Waals surface area contributed by atoms with E-state index in [-0.39, 0.29) is 5.56 Å². The predicted octanol–water partition coefficient (Wildman–Crippen LogP) is 7.64. The maximum Gasteiger partial charge on any atom is 0.282 e. The third kappa shape index (κ3) is 5.01. The molecule has 0 unspecified atom stereocenters. The molecule has 0 saturated heterocycles. The highest BCUT2D eigenvalue weighted by Crippen LogP contribution is 2.27. The van der Waals surface area contributed by atoms with Gasteiger partial charge in [0.25, 0.3) is 5.56 Å². The van der Waals surface area contributed by atoms with Gasteiger partial charge < -0.3 is 9.15 Å². The van der Waals surface area contributed by atoms with Crippen molar-refractivity contribution in [2.45, 2.75) is 6.61 Å². The average molecular weight is 676 g/mol. The van der Waals surface area contributed by atoms with Gasteiger partial charge in [-0.05, 0) is 88.3 Å². The lowest BCUT2D eigenvalue weighted by atomic mass is 10.2. The van der Waals surface area contributed by atoms with Crippen molar-refractivity contribution in [1.29, 1.82) is 0 Å². The molecular weight excluding hydrogens is 657 g/mol. The lowest BCUT2D eigenvalue weighted by Gasteiger charge is -2.09. The van der Waals surface area contributed by atoms with Crippen molar-refractivity contribution in [3.63, 3.8) is 0 Å². The van der Waals surface area contributed by atoms with Gasteiger partial charge in [-0.3, -0.25) is 4.79 Å². The van der Waals surface area contributed by atoms with Crippen molar-refractivity contribution in [2.75, 3.05) is 0 Å². The second kappa shape index (κ2) is 10.5. The van der Waals surface area contributed by atoms with E-state index in [1.54, 1.807) is 12.3 Å². The minimum Gasteiger partial charge on any atom is -0.488 e. The number of rotatable bonds is 6. The number of furan rings is 1. The van der Waals surface area contributed by atoms with Crippen molar-refractivity contribution in [3.8, 4) is 17.3 Å². The first-order valence-electron chi connectivity index (χ1n) is 11.8. The molecular formula is C30H19BrIN3O3. The number of fused-ring (bicyclic) bond motifs is 2. The van der Waals surface area contributed by atoms with Crippen molar-refractivity contribution >= 4 is 66.6 Å². The highest BCUT2D eigenvalue weighted by atomic mass is 127. The van der Waals surface area contributed by atoms with E-state index in [0.717, 1.165) is 30.3 Å². The van der Waals surface area contributed by atoms with Crippen LogP contribution in [0.4, 0.5) is 0 Å². The van der Waals surface area contributed by atoms with Crippen LogP contribution in [-0.4, -0.2) is 15.9 Å². The van der Waals surface area contributed by atoms with Crippen LogP contribution in [0.15, 0.2) is 116 Å². The smallest absolute Gasteiger partial charge is 0.282 e. The van der Waals surface area contributed by atoms with Crippen molar-refractivity contribution in [2.24, 2.45) is 5.10 Å². The predicted molar refractivity (Wildman–Crippen MR) is 162 cm³/mol. The summed E-state index contributed by atoms with van der Waals surface area (Å²) in [5, 5.41) is 5.96. The Morgan fingerprint density at radius 1 is 0.974 bits per heavy atom.